The summed E-state index contributed by atoms with van der Waals surface area (Å²) in [4.78, 5) is 0.549. The van der Waals surface area contributed by atoms with Crippen molar-refractivity contribution in [3.8, 4) is 11.5 Å². The fourth-order valence-electron chi connectivity index (χ4n) is 1.42. The minimum atomic E-state index is -4.76. The average molecular weight is 302 g/mol. The van der Waals surface area contributed by atoms with Crippen LogP contribution in [0.5, 0.6) is 11.5 Å². The van der Waals surface area contributed by atoms with Gasteiger partial charge < -0.3 is 22.4 Å². The molecule has 94 valence electrons. The molecule has 2 nitrogen and oxygen atoms in total. The molecule has 1 aromatic rings. The number of benzene rings is 1. The van der Waals surface area contributed by atoms with Gasteiger partial charge in [0.2, 0.25) is 0 Å². The maximum Gasteiger partial charge on any atom is 1.00 e. The van der Waals surface area contributed by atoms with Crippen LogP contribution in [-0.4, -0.2) is 25.8 Å². The molecule has 2 rings (SSSR count). The second-order valence-corrected chi connectivity index (χ2v) is 4.77. The van der Waals surface area contributed by atoms with Crippen molar-refractivity contribution in [1.82, 2.24) is 0 Å². The van der Waals surface area contributed by atoms with Crippen LogP contribution in [0.2, 0.25) is 0 Å². The summed E-state index contributed by atoms with van der Waals surface area (Å²) in [5.41, 5.74) is -0.834. The molecule has 0 amide bonds. The molecule has 0 aromatic heterocycles. The molecule has 0 atom stereocenters. The molecule has 0 radical (unpaired) electrons. The maximum atomic E-state index is 12.1. The Bertz CT molecular complexity index is 403. The van der Waals surface area contributed by atoms with Crippen molar-refractivity contribution in [2.24, 2.45) is 0 Å². The SMILES string of the molecule is F[B-](F)(F)CSc1ccc2c(c1)OCCCO2.[K+]. The number of fused-ring (bicyclic) bond motifs is 1. The molecule has 8 heteroatoms. The molecule has 0 N–H and O–H groups in total. The van der Waals surface area contributed by atoms with E-state index in [0.717, 1.165) is 18.2 Å². The molecule has 18 heavy (non-hydrogen) atoms. The fraction of sp³-hybridized carbons (Fsp3) is 0.400. The summed E-state index contributed by atoms with van der Waals surface area (Å²) < 4.78 is 47.2. The van der Waals surface area contributed by atoms with E-state index in [4.69, 9.17) is 9.47 Å². The Balaban J connectivity index is 0.00000162. The van der Waals surface area contributed by atoms with Gasteiger partial charge in [-0.3, -0.25) is 0 Å². The first-order valence-electron chi connectivity index (χ1n) is 5.28. The van der Waals surface area contributed by atoms with Gasteiger partial charge in [-0.1, -0.05) is 0 Å². The molecule has 0 bridgehead atoms. The van der Waals surface area contributed by atoms with Crippen molar-refractivity contribution in [2.45, 2.75) is 11.3 Å². The summed E-state index contributed by atoms with van der Waals surface area (Å²) in [6, 6.07) is 4.89. The van der Waals surface area contributed by atoms with E-state index in [1.807, 2.05) is 0 Å². The zero-order valence-electron chi connectivity index (χ0n) is 10.00. The largest absolute Gasteiger partial charge is 1.00 e. The summed E-state index contributed by atoms with van der Waals surface area (Å²) in [5, 5.41) is 0. The molecule has 1 heterocycles. The molecule has 0 saturated heterocycles. The molecule has 1 aliphatic heterocycles. The zero-order valence-corrected chi connectivity index (χ0v) is 13.9. The topological polar surface area (TPSA) is 18.5 Å². The Morgan fingerprint density at radius 2 is 1.78 bits per heavy atom. The van der Waals surface area contributed by atoms with Gasteiger partial charge in [0, 0.05) is 11.3 Å². The van der Waals surface area contributed by atoms with Crippen molar-refractivity contribution in [3.63, 3.8) is 0 Å². The monoisotopic (exact) mass is 302 g/mol. The molecule has 0 spiro atoms. The molecule has 1 aromatic carbocycles. The Morgan fingerprint density at radius 1 is 1.11 bits per heavy atom. The van der Waals surface area contributed by atoms with Crippen LogP contribution < -0.4 is 60.9 Å². The molecular weight excluding hydrogens is 291 g/mol. The van der Waals surface area contributed by atoms with Crippen LogP contribution in [-0.2, 0) is 0 Å². The number of thioether (sulfide) groups is 1. The average Bonchev–Trinajstić information content (AvgIpc) is 2.49. The fourth-order valence-corrected chi connectivity index (χ4v) is 2.16. The molecular formula is C10H11BF3KO2S. The number of hydrogen-bond donors (Lipinski definition) is 0. The van der Waals surface area contributed by atoms with Gasteiger partial charge in [-0.05, 0) is 23.9 Å². The van der Waals surface area contributed by atoms with Gasteiger partial charge >= 0.3 is 58.4 Å². The van der Waals surface area contributed by atoms with Crippen molar-refractivity contribution in [2.75, 3.05) is 18.9 Å². The third-order valence-corrected chi connectivity index (χ3v) is 3.29. The van der Waals surface area contributed by atoms with Crippen molar-refractivity contribution in [3.05, 3.63) is 18.2 Å². The van der Waals surface area contributed by atoms with Crippen LogP contribution in [0.4, 0.5) is 12.9 Å². The quantitative estimate of drug-likeness (QED) is 0.592. The van der Waals surface area contributed by atoms with Gasteiger partial charge in [0.15, 0.2) is 11.5 Å². The van der Waals surface area contributed by atoms with Crippen LogP contribution in [0.15, 0.2) is 23.1 Å². The normalized spacial score (nSPS) is 14.6. The summed E-state index contributed by atoms with van der Waals surface area (Å²) in [6.45, 7) is -3.65. The van der Waals surface area contributed by atoms with Crippen molar-refractivity contribution >= 4 is 18.7 Å². The molecule has 0 unspecified atom stereocenters. The third kappa shape index (κ3) is 5.34. The minimum Gasteiger partial charge on any atom is -0.490 e. The van der Waals surface area contributed by atoms with Gasteiger partial charge in [0.25, 0.3) is 0 Å². The number of hydrogen-bond acceptors (Lipinski definition) is 3. The van der Waals surface area contributed by atoms with Crippen molar-refractivity contribution < 1.29 is 73.8 Å². The smallest absolute Gasteiger partial charge is 0.490 e. The van der Waals surface area contributed by atoms with E-state index in [9.17, 15) is 12.9 Å². The van der Waals surface area contributed by atoms with E-state index in [2.05, 4.69) is 0 Å². The molecule has 0 fully saturated rings. The van der Waals surface area contributed by atoms with Gasteiger partial charge in [-0.2, -0.15) is 11.8 Å². The zero-order chi connectivity index (χ0) is 12.3. The van der Waals surface area contributed by atoms with Gasteiger partial charge in [-0.15, -0.1) is 0 Å². The molecule has 0 saturated carbocycles. The van der Waals surface area contributed by atoms with Crippen LogP contribution >= 0.6 is 11.8 Å². The van der Waals surface area contributed by atoms with E-state index >= 15 is 0 Å². The van der Waals surface area contributed by atoms with Crippen LogP contribution in [0.1, 0.15) is 6.42 Å². The van der Waals surface area contributed by atoms with E-state index in [0.29, 0.717) is 29.6 Å². The van der Waals surface area contributed by atoms with Gasteiger partial charge in [0.1, 0.15) is 0 Å². The van der Waals surface area contributed by atoms with Gasteiger partial charge in [0.05, 0.1) is 13.2 Å². The predicted octanol–water partition coefficient (Wildman–Crippen LogP) is 0.331. The van der Waals surface area contributed by atoms with E-state index in [-0.39, 0.29) is 51.4 Å². The predicted molar refractivity (Wildman–Crippen MR) is 61.9 cm³/mol. The molecule has 1 aliphatic rings. The summed E-state index contributed by atoms with van der Waals surface area (Å²) in [7, 11) is 0. The molecule has 0 aliphatic carbocycles. The minimum absolute atomic E-state index is 0. The Hall–Kier alpha value is 0.661. The van der Waals surface area contributed by atoms with Crippen LogP contribution in [0.25, 0.3) is 0 Å². The number of rotatable bonds is 3. The summed E-state index contributed by atoms with van der Waals surface area (Å²) in [5.74, 6) is 1.13. The summed E-state index contributed by atoms with van der Waals surface area (Å²) >= 11 is 0.774. The maximum absolute atomic E-state index is 12.1. The second-order valence-electron chi connectivity index (χ2n) is 3.68. The first kappa shape index (κ1) is 16.7. The van der Waals surface area contributed by atoms with E-state index < -0.39 is 12.6 Å². The summed E-state index contributed by atoms with van der Waals surface area (Å²) in [6.07, 6.45) is 0.781. The van der Waals surface area contributed by atoms with Crippen molar-refractivity contribution in [1.29, 1.82) is 0 Å². The standard InChI is InChI=1S/C10H11BF3O2S.K/c12-11(13,14)7-17-8-2-3-9-10(6-8)16-5-1-4-15-9;/h2-3,6H,1,4-5,7H2;/q-1;+1. The Morgan fingerprint density at radius 3 is 2.44 bits per heavy atom. The number of ether oxygens (including phenoxy) is 2. The van der Waals surface area contributed by atoms with Crippen LogP contribution in [0.3, 0.4) is 0 Å². The second kappa shape index (κ2) is 7.45. The first-order chi connectivity index (χ1) is 8.04. The van der Waals surface area contributed by atoms with E-state index in [1.54, 1.807) is 18.2 Å². The van der Waals surface area contributed by atoms with Gasteiger partial charge in [-0.25, -0.2) is 0 Å². The number of halogens is 3. The Labute approximate surface area is 150 Å². The Kier molecular flexibility index (Phi) is 6.91. The third-order valence-electron chi connectivity index (χ3n) is 2.16. The van der Waals surface area contributed by atoms with Crippen LogP contribution in [0, 0.1) is 0 Å². The van der Waals surface area contributed by atoms with E-state index in [1.165, 1.54) is 0 Å². The first-order valence-corrected chi connectivity index (χ1v) is 6.26.